The lowest BCUT2D eigenvalue weighted by Crippen LogP contribution is -2.25. The summed E-state index contributed by atoms with van der Waals surface area (Å²) in [5, 5.41) is 3.39. The van der Waals surface area contributed by atoms with Crippen LogP contribution in [0.4, 0.5) is 4.39 Å². The van der Waals surface area contributed by atoms with Gasteiger partial charge in [0.05, 0.1) is 17.8 Å². The summed E-state index contributed by atoms with van der Waals surface area (Å²) >= 11 is 0. The van der Waals surface area contributed by atoms with Crippen LogP contribution in [0.5, 0.6) is 0 Å². The molecule has 1 aliphatic heterocycles. The Hall–Kier alpha value is -1.00. The number of halogens is 1. The maximum absolute atomic E-state index is 13.8. The van der Waals surface area contributed by atoms with Crippen molar-refractivity contribution in [3.8, 4) is 0 Å². The van der Waals surface area contributed by atoms with E-state index in [2.05, 4.69) is 17.2 Å². The average Bonchev–Trinajstić information content (AvgIpc) is 2.93. The maximum Gasteiger partial charge on any atom is 0.146 e. The largest absolute Gasteiger partial charge is 0.378 e. The van der Waals surface area contributed by atoms with Gasteiger partial charge in [-0.2, -0.15) is 0 Å². The van der Waals surface area contributed by atoms with Crippen LogP contribution in [0.25, 0.3) is 0 Å². The molecule has 1 aromatic rings. The van der Waals surface area contributed by atoms with Crippen molar-refractivity contribution in [3.05, 3.63) is 29.8 Å². The van der Waals surface area contributed by atoms with Gasteiger partial charge in [0, 0.05) is 12.8 Å². The molecule has 0 radical (unpaired) electrons. The summed E-state index contributed by atoms with van der Waals surface area (Å²) in [6.07, 6.45) is 7.16. The highest BCUT2D eigenvalue weighted by Crippen LogP contribution is 2.24. The molecular weight excluding hydrogens is 243 g/mol. The van der Waals surface area contributed by atoms with Gasteiger partial charge in [0.25, 0.3) is 0 Å². The monoisotopic (exact) mass is 266 g/mol. The van der Waals surface area contributed by atoms with Crippen LogP contribution in [0, 0.1) is 5.82 Å². The Morgan fingerprint density at radius 1 is 1.58 bits per heavy atom. The highest BCUT2D eigenvalue weighted by molar-refractivity contribution is 5.11. The molecule has 3 nitrogen and oxygen atoms in total. The molecule has 0 bridgehead atoms. The van der Waals surface area contributed by atoms with Gasteiger partial charge in [-0.25, -0.2) is 4.39 Å². The first-order valence-electron chi connectivity index (χ1n) is 7.26. The lowest BCUT2D eigenvalue weighted by Gasteiger charge is -2.20. The first-order valence-corrected chi connectivity index (χ1v) is 7.26. The number of aromatic nitrogens is 1. The fraction of sp³-hybridized carbons (Fsp3) is 0.667. The van der Waals surface area contributed by atoms with Crippen LogP contribution in [0.2, 0.25) is 0 Å². The van der Waals surface area contributed by atoms with Crippen molar-refractivity contribution in [1.82, 2.24) is 10.3 Å². The minimum absolute atomic E-state index is 0.00894. The number of rotatable bonds is 7. The van der Waals surface area contributed by atoms with E-state index in [9.17, 15) is 4.39 Å². The predicted octanol–water partition coefficient (Wildman–Crippen LogP) is 3.22. The van der Waals surface area contributed by atoms with Gasteiger partial charge in [0.2, 0.25) is 0 Å². The normalized spacial score (nSPS) is 20.6. The second kappa shape index (κ2) is 7.56. The minimum atomic E-state index is -0.219. The van der Waals surface area contributed by atoms with Crippen molar-refractivity contribution in [1.29, 1.82) is 0 Å². The van der Waals surface area contributed by atoms with Gasteiger partial charge in [-0.05, 0) is 50.8 Å². The summed E-state index contributed by atoms with van der Waals surface area (Å²) in [4.78, 5) is 4.20. The highest BCUT2D eigenvalue weighted by Gasteiger charge is 2.21. The lowest BCUT2D eigenvalue weighted by atomic mass is 10.0. The molecule has 2 unspecified atom stereocenters. The van der Waals surface area contributed by atoms with Crippen molar-refractivity contribution in [2.24, 2.45) is 0 Å². The fourth-order valence-electron chi connectivity index (χ4n) is 2.53. The number of nitrogens with zero attached hydrogens (tertiary/aromatic N) is 1. The quantitative estimate of drug-likeness (QED) is 0.822. The number of ether oxygens (including phenoxy) is 1. The third-order valence-corrected chi connectivity index (χ3v) is 3.56. The molecule has 0 spiro atoms. The Labute approximate surface area is 114 Å². The smallest absolute Gasteiger partial charge is 0.146 e. The first kappa shape index (κ1) is 14.4. The predicted molar refractivity (Wildman–Crippen MR) is 73.4 cm³/mol. The van der Waals surface area contributed by atoms with E-state index in [1.807, 2.05) is 0 Å². The second-order valence-electron chi connectivity index (χ2n) is 5.09. The zero-order valence-corrected chi connectivity index (χ0v) is 11.6. The molecule has 1 N–H and O–H groups in total. The number of pyridine rings is 1. The zero-order chi connectivity index (χ0) is 13.5. The van der Waals surface area contributed by atoms with E-state index in [-0.39, 0.29) is 11.9 Å². The van der Waals surface area contributed by atoms with E-state index >= 15 is 0 Å². The highest BCUT2D eigenvalue weighted by atomic mass is 19.1. The van der Waals surface area contributed by atoms with Crippen LogP contribution in [0.3, 0.4) is 0 Å². The van der Waals surface area contributed by atoms with Gasteiger partial charge in [0.1, 0.15) is 5.82 Å². The molecule has 0 aromatic carbocycles. The molecule has 0 amide bonds. The van der Waals surface area contributed by atoms with Crippen LogP contribution in [-0.2, 0) is 4.74 Å². The molecule has 4 heteroatoms. The van der Waals surface area contributed by atoms with Gasteiger partial charge in [-0.1, -0.05) is 6.92 Å². The van der Waals surface area contributed by atoms with Crippen LogP contribution < -0.4 is 5.32 Å². The minimum Gasteiger partial charge on any atom is -0.378 e. The molecule has 19 heavy (non-hydrogen) atoms. The van der Waals surface area contributed by atoms with E-state index in [1.54, 1.807) is 12.3 Å². The second-order valence-corrected chi connectivity index (χ2v) is 5.09. The molecule has 1 aliphatic rings. The molecule has 2 heterocycles. The van der Waals surface area contributed by atoms with Crippen LogP contribution in [0.15, 0.2) is 18.3 Å². The van der Waals surface area contributed by atoms with Crippen LogP contribution >= 0.6 is 0 Å². The number of nitrogens with one attached hydrogen (secondary N) is 1. The third kappa shape index (κ3) is 4.25. The summed E-state index contributed by atoms with van der Waals surface area (Å²) in [6.45, 7) is 3.86. The summed E-state index contributed by atoms with van der Waals surface area (Å²) in [6, 6.07) is 3.11. The van der Waals surface area contributed by atoms with Crippen molar-refractivity contribution >= 4 is 0 Å². The van der Waals surface area contributed by atoms with Crippen molar-refractivity contribution < 1.29 is 9.13 Å². The Morgan fingerprint density at radius 3 is 3.16 bits per heavy atom. The summed E-state index contributed by atoms with van der Waals surface area (Å²) < 4.78 is 19.5. The Morgan fingerprint density at radius 2 is 2.47 bits per heavy atom. The standard InChI is InChI=1S/C15H23FN2O/c1-2-9-17-14(8-7-12-5-4-11-19-12)15-13(16)6-3-10-18-15/h3,6,10,12,14,17H,2,4-5,7-9,11H2,1H3. The lowest BCUT2D eigenvalue weighted by molar-refractivity contribution is 0.0993. The molecule has 0 saturated carbocycles. The van der Waals surface area contributed by atoms with E-state index in [0.717, 1.165) is 45.3 Å². The van der Waals surface area contributed by atoms with Crippen molar-refractivity contribution in [2.45, 2.75) is 51.2 Å². The van der Waals surface area contributed by atoms with Gasteiger partial charge >= 0.3 is 0 Å². The van der Waals surface area contributed by atoms with E-state index < -0.39 is 0 Å². The first-order chi connectivity index (χ1) is 9.31. The van der Waals surface area contributed by atoms with E-state index in [0.29, 0.717) is 11.8 Å². The van der Waals surface area contributed by atoms with Gasteiger partial charge in [-0.3, -0.25) is 4.98 Å². The summed E-state index contributed by atoms with van der Waals surface area (Å²) in [5.74, 6) is -0.219. The zero-order valence-electron chi connectivity index (χ0n) is 11.6. The molecular formula is C15H23FN2O. The van der Waals surface area contributed by atoms with Gasteiger partial charge in [-0.15, -0.1) is 0 Å². The summed E-state index contributed by atoms with van der Waals surface area (Å²) in [7, 11) is 0. The van der Waals surface area contributed by atoms with Crippen molar-refractivity contribution in [2.75, 3.05) is 13.2 Å². The Balaban J connectivity index is 1.96. The fourth-order valence-corrected chi connectivity index (χ4v) is 2.53. The molecule has 1 saturated heterocycles. The topological polar surface area (TPSA) is 34.1 Å². The Kier molecular flexibility index (Phi) is 5.73. The van der Waals surface area contributed by atoms with Crippen molar-refractivity contribution in [3.63, 3.8) is 0 Å². The van der Waals surface area contributed by atoms with Gasteiger partial charge < -0.3 is 10.1 Å². The van der Waals surface area contributed by atoms with E-state index in [1.165, 1.54) is 6.07 Å². The Bertz CT molecular complexity index is 380. The van der Waals surface area contributed by atoms with Crippen LogP contribution in [-0.4, -0.2) is 24.2 Å². The SMILES string of the molecule is CCCNC(CCC1CCCO1)c1ncccc1F. The van der Waals surface area contributed by atoms with E-state index in [4.69, 9.17) is 4.74 Å². The molecule has 106 valence electrons. The molecule has 0 aliphatic carbocycles. The van der Waals surface area contributed by atoms with Crippen LogP contribution in [0.1, 0.15) is 50.8 Å². The average molecular weight is 266 g/mol. The number of hydrogen-bond donors (Lipinski definition) is 1. The maximum atomic E-state index is 13.8. The summed E-state index contributed by atoms with van der Waals surface area (Å²) in [5.41, 5.74) is 0.536. The number of hydrogen-bond acceptors (Lipinski definition) is 3. The molecule has 2 rings (SSSR count). The molecule has 2 atom stereocenters. The third-order valence-electron chi connectivity index (χ3n) is 3.56. The molecule has 1 aromatic heterocycles. The molecule has 1 fully saturated rings. The van der Waals surface area contributed by atoms with Gasteiger partial charge in [0.15, 0.2) is 0 Å².